The number of carbonyl (C=O) groups excluding carboxylic acids is 1. The second kappa shape index (κ2) is 6.32. The van der Waals surface area contributed by atoms with Gasteiger partial charge in [0.05, 0.1) is 23.9 Å². The lowest BCUT2D eigenvalue weighted by molar-refractivity contribution is 0.0914. The number of nitrogens with zero attached hydrogens (tertiary/aromatic N) is 2. The molecule has 0 bridgehead atoms. The minimum absolute atomic E-state index is 0.152. The van der Waals surface area contributed by atoms with E-state index in [0.29, 0.717) is 5.56 Å². The van der Waals surface area contributed by atoms with Gasteiger partial charge in [-0.25, -0.2) is 0 Å². The van der Waals surface area contributed by atoms with Crippen molar-refractivity contribution >= 4 is 5.91 Å². The number of hydrogen-bond acceptors (Lipinski definition) is 3. The highest BCUT2D eigenvalue weighted by molar-refractivity contribution is 5.95. The van der Waals surface area contributed by atoms with Gasteiger partial charge in [-0.15, -0.1) is 0 Å². The van der Waals surface area contributed by atoms with E-state index in [9.17, 15) is 9.90 Å². The molecule has 1 heterocycles. The molecular formula is C17H23N3O2. The molecule has 1 atom stereocenters. The van der Waals surface area contributed by atoms with E-state index in [1.54, 1.807) is 17.9 Å². The van der Waals surface area contributed by atoms with Crippen LogP contribution < -0.4 is 5.32 Å². The standard InChI is InChI=1S/C17H23N3O2/c1-17(2,3)15-13(10-20(4)19-15)16(22)18-14(11-21)12-8-6-5-7-9-12/h5-10,14,21H,11H2,1-4H3,(H,18,22)/t14-/m1/s1. The van der Waals surface area contributed by atoms with Gasteiger partial charge < -0.3 is 10.4 Å². The Morgan fingerprint density at radius 2 is 1.95 bits per heavy atom. The van der Waals surface area contributed by atoms with Crippen LogP contribution in [-0.2, 0) is 12.5 Å². The summed E-state index contributed by atoms with van der Waals surface area (Å²) < 4.78 is 1.64. The highest BCUT2D eigenvalue weighted by Gasteiger charge is 2.26. The average Bonchev–Trinajstić information content (AvgIpc) is 2.88. The zero-order valence-corrected chi connectivity index (χ0v) is 13.5. The van der Waals surface area contributed by atoms with Crippen LogP contribution in [0.15, 0.2) is 36.5 Å². The fourth-order valence-electron chi connectivity index (χ4n) is 2.36. The van der Waals surface area contributed by atoms with Crippen molar-refractivity contribution in [2.45, 2.75) is 32.2 Å². The molecule has 5 nitrogen and oxygen atoms in total. The van der Waals surface area contributed by atoms with E-state index in [4.69, 9.17) is 0 Å². The van der Waals surface area contributed by atoms with E-state index >= 15 is 0 Å². The predicted molar refractivity (Wildman–Crippen MR) is 85.6 cm³/mol. The Kier molecular flexibility index (Phi) is 4.66. The van der Waals surface area contributed by atoms with Gasteiger partial charge in [-0.2, -0.15) is 5.10 Å². The highest BCUT2D eigenvalue weighted by Crippen LogP contribution is 2.24. The summed E-state index contributed by atoms with van der Waals surface area (Å²) in [7, 11) is 1.80. The van der Waals surface area contributed by atoms with Crippen molar-refractivity contribution in [1.82, 2.24) is 15.1 Å². The fourth-order valence-corrected chi connectivity index (χ4v) is 2.36. The van der Waals surface area contributed by atoms with Crippen LogP contribution in [0, 0.1) is 0 Å². The minimum atomic E-state index is -0.429. The van der Waals surface area contributed by atoms with Crippen molar-refractivity contribution < 1.29 is 9.90 Å². The Morgan fingerprint density at radius 3 is 2.50 bits per heavy atom. The fraction of sp³-hybridized carbons (Fsp3) is 0.412. The summed E-state index contributed by atoms with van der Waals surface area (Å²) in [5, 5.41) is 16.9. The number of aryl methyl sites for hydroxylation is 1. The molecule has 0 aliphatic heterocycles. The maximum absolute atomic E-state index is 12.6. The van der Waals surface area contributed by atoms with Gasteiger partial charge >= 0.3 is 0 Å². The van der Waals surface area contributed by atoms with Crippen molar-refractivity contribution in [2.75, 3.05) is 6.61 Å². The Bertz CT molecular complexity index is 642. The molecule has 0 saturated heterocycles. The van der Waals surface area contributed by atoms with Crippen LogP contribution in [0.2, 0.25) is 0 Å². The molecule has 2 rings (SSSR count). The topological polar surface area (TPSA) is 67.2 Å². The number of rotatable bonds is 4. The third-order valence-corrected chi connectivity index (χ3v) is 3.47. The monoisotopic (exact) mass is 301 g/mol. The summed E-state index contributed by atoms with van der Waals surface area (Å²) in [4.78, 5) is 12.6. The van der Waals surface area contributed by atoms with Crippen molar-refractivity contribution in [2.24, 2.45) is 7.05 Å². The normalized spacial score (nSPS) is 13.0. The van der Waals surface area contributed by atoms with Crippen LogP contribution >= 0.6 is 0 Å². The summed E-state index contributed by atoms with van der Waals surface area (Å²) in [6.07, 6.45) is 1.72. The zero-order valence-electron chi connectivity index (χ0n) is 13.5. The first-order valence-corrected chi connectivity index (χ1v) is 7.33. The van der Waals surface area contributed by atoms with Crippen LogP contribution in [0.3, 0.4) is 0 Å². The molecule has 0 aliphatic carbocycles. The quantitative estimate of drug-likeness (QED) is 0.909. The van der Waals surface area contributed by atoms with Crippen LogP contribution in [0.1, 0.15) is 48.4 Å². The number of aromatic nitrogens is 2. The molecule has 0 unspecified atom stereocenters. The van der Waals surface area contributed by atoms with Gasteiger partial charge in [0.25, 0.3) is 5.91 Å². The van der Waals surface area contributed by atoms with E-state index in [2.05, 4.69) is 10.4 Å². The number of nitrogens with one attached hydrogen (secondary N) is 1. The van der Waals surface area contributed by atoms with Crippen LogP contribution in [0.25, 0.3) is 0 Å². The lowest BCUT2D eigenvalue weighted by Gasteiger charge is -2.20. The van der Waals surface area contributed by atoms with Crippen molar-refractivity contribution in [3.8, 4) is 0 Å². The highest BCUT2D eigenvalue weighted by atomic mass is 16.3. The largest absolute Gasteiger partial charge is 0.394 e. The SMILES string of the molecule is Cn1cc(C(=O)N[C@H](CO)c2ccccc2)c(C(C)(C)C)n1. The number of aliphatic hydroxyl groups is 1. The molecule has 2 aromatic rings. The van der Waals surface area contributed by atoms with Crippen LogP contribution in [0.5, 0.6) is 0 Å². The molecule has 5 heteroatoms. The zero-order chi connectivity index (χ0) is 16.3. The average molecular weight is 301 g/mol. The summed E-state index contributed by atoms with van der Waals surface area (Å²) in [5.74, 6) is -0.221. The molecule has 0 aliphatic rings. The molecule has 2 N–H and O–H groups in total. The molecule has 1 aromatic heterocycles. The summed E-state index contributed by atoms with van der Waals surface area (Å²) in [6, 6.07) is 9.01. The Morgan fingerprint density at radius 1 is 1.32 bits per heavy atom. The molecule has 1 aromatic carbocycles. The Balaban J connectivity index is 2.26. The van der Waals surface area contributed by atoms with Gasteiger partial charge in [-0.05, 0) is 5.56 Å². The van der Waals surface area contributed by atoms with Gasteiger partial charge in [0.1, 0.15) is 0 Å². The predicted octanol–water partition coefficient (Wildman–Crippen LogP) is 2.18. The van der Waals surface area contributed by atoms with Gasteiger partial charge in [0, 0.05) is 18.7 Å². The lowest BCUT2D eigenvalue weighted by Crippen LogP contribution is -2.32. The number of aliphatic hydroxyl groups excluding tert-OH is 1. The van der Waals surface area contributed by atoms with E-state index in [1.807, 2.05) is 51.1 Å². The molecule has 22 heavy (non-hydrogen) atoms. The summed E-state index contributed by atoms with van der Waals surface area (Å²) in [5.41, 5.74) is 1.94. The number of carbonyl (C=O) groups is 1. The summed E-state index contributed by atoms with van der Waals surface area (Å²) >= 11 is 0. The first-order chi connectivity index (χ1) is 10.3. The van der Waals surface area contributed by atoms with Gasteiger partial charge in [-0.3, -0.25) is 9.48 Å². The molecule has 0 radical (unpaired) electrons. The summed E-state index contributed by atoms with van der Waals surface area (Å²) in [6.45, 7) is 5.91. The van der Waals surface area contributed by atoms with Crippen LogP contribution in [0.4, 0.5) is 0 Å². The van der Waals surface area contributed by atoms with Crippen molar-refractivity contribution in [3.05, 3.63) is 53.3 Å². The molecule has 0 spiro atoms. The Hall–Kier alpha value is -2.14. The molecule has 1 amide bonds. The van der Waals surface area contributed by atoms with Gasteiger partial charge in [0.2, 0.25) is 0 Å². The molecule has 0 fully saturated rings. The van der Waals surface area contributed by atoms with E-state index < -0.39 is 6.04 Å². The minimum Gasteiger partial charge on any atom is -0.394 e. The number of hydrogen-bond donors (Lipinski definition) is 2. The van der Waals surface area contributed by atoms with E-state index in [0.717, 1.165) is 11.3 Å². The van der Waals surface area contributed by atoms with Crippen molar-refractivity contribution in [1.29, 1.82) is 0 Å². The molecule has 0 saturated carbocycles. The molecule has 118 valence electrons. The van der Waals surface area contributed by atoms with Crippen molar-refractivity contribution in [3.63, 3.8) is 0 Å². The third-order valence-electron chi connectivity index (χ3n) is 3.47. The third kappa shape index (κ3) is 3.54. The van der Waals surface area contributed by atoms with E-state index in [-0.39, 0.29) is 17.9 Å². The first kappa shape index (κ1) is 16.2. The van der Waals surface area contributed by atoms with Gasteiger partial charge in [0.15, 0.2) is 0 Å². The first-order valence-electron chi connectivity index (χ1n) is 7.33. The number of benzene rings is 1. The number of amides is 1. The lowest BCUT2D eigenvalue weighted by atomic mass is 9.89. The smallest absolute Gasteiger partial charge is 0.255 e. The second-order valence-electron chi connectivity index (χ2n) is 6.43. The maximum Gasteiger partial charge on any atom is 0.255 e. The molecular weight excluding hydrogens is 278 g/mol. The Labute approximate surface area is 131 Å². The second-order valence-corrected chi connectivity index (χ2v) is 6.43. The maximum atomic E-state index is 12.6. The van der Waals surface area contributed by atoms with E-state index in [1.165, 1.54) is 0 Å². The van der Waals surface area contributed by atoms with Gasteiger partial charge in [-0.1, -0.05) is 51.1 Å². The van der Waals surface area contributed by atoms with Crippen LogP contribution in [-0.4, -0.2) is 27.4 Å².